The maximum Gasteiger partial charge on any atom is 0.0349 e. The van der Waals surface area contributed by atoms with Crippen molar-refractivity contribution in [3.8, 4) is 0 Å². The van der Waals surface area contributed by atoms with E-state index in [4.69, 9.17) is 0 Å². The van der Waals surface area contributed by atoms with Crippen molar-refractivity contribution in [1.29, 1.82) is 0 Å². The van der Waals surface area contributed by atoms with E-state index in [2.05, 4.69) is 52.1 Å². The summed E-state index contributed by atoms with van der Waals surface area (Å²) in [5.74, 6) is 0. The monoisotopic (exact) mass is 263 g/mol. The quantitative estimate of drug-likeness (QED) is 0.765. The number of fused-ring (bicyclic) bond motifs is 1. The molecule has 2 aromatic rings. The third kappa shape index (κ3) is 2.57. The molecule has 15 heavy (non-hydrogen) atoms. The summed E-state index contributed by atoms with van der Waals surface area (Å²) >= 11 is 3.58. The van der Waals surface area contributed by atoms with Crippen molar-refractivity contribution in [2.75, 3.05) is 0 Å². The lowest BCUT2D eigenvalue weighted by Crippen LogP contribution is -1.95. The van der Waals surface area contributed by atoms with Gasteiger partial charge in [-0.1, -0.05) is 41.1 Å². The maximum absolute atomic E-state index is 4.19. The second kappa shape index (κ2) is 4.75. The molecule has 0 N–H and O–H groups in total. The van der Waals surface area contributed by atoms with E-state index in [1.807, 2.05) is 12.4 Å². The first-order valence-corrected chi connectivity index (χ1v) is 6.14. The van der Waals surface area contributed by atoms with Crippen molar-refractivity contribution in [2.24, 2.45) is 0 Å². The Bertz CT molecular complexity index is 446. The summed E-state index contributed by atoms with van der Waals surface area (Å²) in [7, 11) is 0. The molecule has 0 fully saturated rings. The molecule has 1 aromatic carbocycles. The number of halogens is 1. The smallest absolute Gasteiger partial charge is 0.0349 e. The van der Waals surface area contributed by atoms with Gasteiger partial charge < -0.3 is 0 Å². The van der Waals surface area contributed by atoms with Gasteiger partial charge in [0.1, 0.15) is 0 Å². The van der Waals surface area contributed by atoms with Crippen molar-refractivity contribution < 1.29 is 0 Å². The molecular formula is C13H14BrN. The Kier molecular flexibility index (Phi) is 3.37. The van der Waals surface area contributed by atoms with Gasteiger partial charge in [0.15, 0.2) is 0 Å². The predicted octanol–water partition coefficient (Wildman–Crippen LogP) is 3.95. The van der Waals surface area contributed by atoms with Gasteiger partial charge in [-0.15, -0.1) is 0 Å². The van der Waals surface area contributed by atoms with Crippen LogP contribution in [0.5, 0.6) is 0 Å². The van der Waals surface area contributed by atoms with E-state index in [0.29, 0.717) is 4.83 Å². The summed E-state index contributed by atoms with van der Waals surface area (Å²) in [5.41, 5.74) is 1.40. The number of aryl methyl sites for hydroxylation is 1. The molecule has 0 aliphatic rings. The summed E-state index contributed by atoms with van der Waals surface area (Å²) < 4.78 is 0. The zero-order valence-corrected chi connectivity index (χ0v) is 10.4. The van der Waals surface area contributed by atoms with Crippen LogP contribution in [0, 0.1) is 0 Å². The molecule has 78 valence electrons. The minimum Gasteiger partial charge on any atom is -0.264 e. The Morgan fingerprint density at radius 2 is 2.20 bits per heavy atom. The van der Waals surface area contributed by atoms with Gasteiger partial charge in [-0.3, -0.25) is 4.98 Å². The minimum atomic E-state index is 0.574. The van der Waals surface area contributed by atoms with Crippen molar-refractivity contribution >= 4 is 26.7 Å². The second-order valence-corrected chi connectivity index (χ2v) is 5.40. The topological polar surface area (TPSA) is 12.9 Å². The molecule has 2 rings (SSSR count). The van der Waals surface area contributed by atoms with Gasteiger partial charge in [-0.25, -0.2) is 0 Å². The normalized spacial score (nSPS) is 12.9. The number of nitrogens with zero attached hydrogens (tertiary/aromatic N) is 1. The van der Waals surface area contributed by atoms with Crippen molar-refractivity contribution in [2.45, 2.75) is 24.6 Å². The van der Waals surface area contributed by atoms with Crippen LogP contribution in [0.2, 0.25) is 0 Å². The number of aromatic nitrogens is 1. The number of benzene rings is 1. The molecule has 2 heteroatoms. The van der Waals surface area contributed by atoms with Gasteiger partial charge in [-0.2, -0.15) is 0 Å². The van der Waals surface area contributed by atoms with Gasteiger partial charge >= 0.3 is 0 Å². The highest BCUT2D eigenvalue weighted by Gasteiger charge is 2.02. The summed E-state index contributed by atoms with van der Waals surface area (Å²) in [6.45, 7) is 2.18. The molecule has 1 aromatic heterocycles. The molecule has 1 unspecified atom stereocenters. The minimum absolute atomic E-state index is 0.574. The lowest BCUT2D eigenvalue weighted by atomic mass is 10.0. The highest BCUT2D eigenvalue weighted by molar-refractivity contribution is 9.09. The first-order valence-electron chi connectivity index (χ1n) is 5.23. The highest BCUT2D eigenvalue weighted by atomic mass is 79.9. The molecule has 0 saturated heterocycles. The van der Waals surface area contributed by atoms with Crippen LogP contribution in [0.4, 0.5) is 0 Å². The Morgan fingerprint density at radius 3 is 3.00 bits per heavy atom. The van der Waals surface area contributed by atoms with Gasteiger partial charge in [0.05, 0.1) is 0 Å². The Balaban J connectivity index is 2.34. The SMILES string of the molecule is CC(Br)CCc1cccc2ccncc12. The first kappa shape index (κ1) is 10.6. The summed E-state index contributed by atoms with van der Waals surface area (Å²) in [4.78, 5) is 4.76. The van der Waals surface area contributed by atoms with Gasteiger partial charge in [0.25, 0.3) is 0 Å². The van der Waals surface area contributed by atoms with E-state index in [-0.39, 0.29) is 0 Å². The Labute approximate surface area is 98.7 Å². The molecule has 0 spiro atoms. The third-order valence-electron chi connectivity index (χ3n) is 2.59. The number of rotatable bonds is 3. The van der Waals surface area contributed by atoms with E-state index in [9.17, 15) is 0 Å². The van der Waals surface area contributed by atoms with Gasteiger partial charge in [0, 0.05) is 22.6 Å². The highest BCUT2D eigenvalue weighted by Crippen LogP contribution is 2.20. The molecule has 0 aliphatic carbocycles. The zero-order chi connectivity index (χ0) is 10.7. The number of alkyl halides is 1. The van der Waals surface area contributed by atoms with Crippen LogP contribution in [-0.4, -0.2) is 9.81 Å². The van der Waals surface area contributed by atoms with Crippen LogP contribution in [0.3, 0.4) is 0 Å². The standard InChI is InChI=1S/C13H14BrN/c1-10(14)5-6-11-3-2-4-12-7-8-15-9-13(11)12/h2-4,7-10H,5-6H2,1H3. The van der Waals surface area contributed by atoms with Crippen molar-refractivity contribution in [3.63, 3.8) is 0 Å². The van der Waals surface area contributed by atoms with Crippen LogP contribution in [0.25, 0.3) is 10.8 Å². The fourth-order valence-corrected chi connectivity index (χ4v) is 1.98. The Morgan fingerprint density at radius 1 is 1.33 bits per heavy atom. The van der Waals surface area contributed by atoms with Crippen molar-refractivity contribution in [1.82, 2.24) is 4.98 Å². The average molecular weight is 264 g/mol. The van der Waals surface area contributed by atoms with E-state index in [1.165, 1.54) is 16.3 Å². The third-order valence-corrected chi connectivity index (χ3v) is 3.04. The largest absolute Gasteiger partial charge is 0.264 e. The average Bonchev–Trinajstić information content (AvgIpc) is 2.26. The maximum atomic E-state index is 4.19. The van der Waals surface area contributed by atoms with Crippen molar-refractivity contribution in [3.05, 3.63) is 42.2 Å². The predicted molar refractivity (Wildman–Crippen MR) is 68.5 cm³/mol. The van der Waals surface area contributed by atoms with Crippen LogP contribution in [0.15, 0.2) is 36.7 Å². The van der Waals surface area contributed by atoms with E-state index in [0.717, 1.165) is 12.8 Å². The van der Waals surface area contributed by atoms with E-state index >= 15 is 0 Å². The molecular weight excluding hydrogens is 250 g/mol. The Hall–Kier alpha value is -0.890. The number of pyridine rings is 1. The molecule has 0 bridgehead atoms. The molecule has 0 aliphatic heterocycles. The van der Waals surface area contributed by atoms with Crippen LogP contribution >= 0.6 is 15.9 Å². The number of hydrogen-bond donors (Lipinski definition) is 0. The molecule has 1 atom stereocenters. The van der Waals surface area contributed by atoms with Crippen LogP contribution in [-0.2, 0) is 6.42 Å². The fraction of sp³-hybridized carbons (Fsp3) is 0.308. The molecule has 1 nitrogen and oxygen atoms in total. The van der Waals surface area contributed by atoms with Crippen LogP contribution < -0.4 is 0 Å². The zero-order valence-electron chi connectivity index (χ0n) is 8.78. The van der Waals surface area contributed by atoms with Gasteiger partial charge in [0.2, 0.25) is 0 Å². The van der Waals surface area contributed by atoms with E-state index < -0.39 is 0 Å². The summed E-state index contributed by atoms with van der Waals surface area (Å²) in [5, 5.41) is 2.57. The summed E-state index contributed by atoms with van der Waals surface area (Å²) in [6.07, 6.45) is 6.08. The molecule has 0 radical (unpaired) electrons. The second-order valence-electron chi connectivity index (χ2n) is 3.83. The summed E-state index contributed by atoms with van der Waals surface area (Å²) in [6, 6.07) is 8.52. The first-order chi connectivity index (χ1) is 7.27. The molecule has 1 heterocycles. The fourth-order valence-electron chi connectivity index (χ4n) is 1.75. The van der Waals surface area contributed by atoms with E-state index in [1.54, 1.807) is 0 Å². The molecule has 0 amide bonds. The molecule has 0 saturated carbocycles. The van der Waals surface area contributed by atoms with Gasteiger partial charge in [-0.05, 0) is 29.9 Å². The lowest BCUT2D eigenvalue weighted by molar-refractivity contribution is 0.826. The van der Waals surface area contributed by atoms with Crippen LogP contribution in [0.1, 0.15) is 18.9 Å². The number of hydrogen-bond acceptors (Lipinski definition) is 1. The lowest BCUT2D eigenvalue weighted by Gasteiger charge is -2.06.